The number of hydrogen-bond acceptors (Lipinski definition) is 21. The minimum atomic E-state index is -2.06. The van der Waals surface area contributed by atoms with E-state index >= 15 is 0 Å². The highest BCUT2D eigenvalue weighted by Crippen LogP contribution is 2.39. The van der Waals surface area contributed by atoms with Crippen molar-refractivity contribution in [2.24, 2.45) is 0 Å². The number of carbonyl (C=O) groups excluding carboxylic acids is 1. The van der Waals surface area contributed by atoms with Gasteiger partial charge in [0.15, 0.2) is 24.4 Å². The smallest absolute Gasteiger partial charge is 0.331 e. The van der Waals surface area contributed by atoms with E-state index in [0.29, 0.717) is 5.56 Å². The highest BCUT2D eigenvalue weighted by molar-refractivity contribution is 5.88. The number of aliphatic hydroxyl groups excluding tert-OH is 7. The van der Waals surface area contributed by atoms with Crippen molar-refractivity contribution >= 4 is 23.0 Å². The summed E-state index contributed by atoms with van der Waals surface area (Å²) < 4.78 is 46.8. The molecule has 11 N–H and O–H groups in total. The first-order valence-electron chi connectivity index (χ1n) is 19.1. The second-order valence-corrected chi connectivity index (χ2v) is 14.8. The molecule has 1 aromatic heterocycles. The summed E-state index contributed by atoms with van der Waals surface area (Å²) in [5.74, 6) is -3.65. The Hall–Kier alpha value is -5.40. The van der Waals surface area contributed by atoms with Crippen LogP contribution in [0.4, 0.5) is 0 Å². The van der Waals surface area contributed by atoms with E-state index in [1.54, 1.807) is 0 Å². The fraction of sp³-hybridized carbons (Fsp3) is 0.415. The lowest BCUT2D eigenvalue weighted by atomic mass is 9.97. The molecule has 3 aromatic carbocycles. The van der Waals surface area contributed by atoms with E-state index in [1.165, 1.54) is 61.5 Å². The third-order valence-corrected chi connectivity index (χ3v) is 10.4. The Morgan fingerprint density at radius 2 is 1.40 bits per heavy atom. The van der Waals surface area contributed by atoms with E-state index < -0.39 is 133 Å². The zero-order valence-corrected chi connectivity index (χ0v) is 32.4. The van der Waals surface area contributed by atoms with E-state index in [9.17, 15) is 65.8 Å². The first-order valence-corrected chi connectivity index (χ1v) is 19.1. The summed E-state index contributed by atoms with van der Waals surface area (Å²) in [5.41, 5.74) is -0.846. The molecule has 3 saturated heterocycles. The van der Waals surface area contributed by atoms with E-state index in [-0.39, 0.29) is 28.4 Å². The SMILES string of the molecule is C[C@@H]1O[C@@H](OC[C@H]2O[C@@H](Oc3c(-c4ccc(O)cc4)oc4cc(O)cc(O)c4c3=O)[C@H](OC(=O)/C=C/c3ccc(O)cc3)[C@@H](O[C@@H]3OC[C@H](O)[C@H](O)[C@H]3O)[C@@H]2O)[C@H](O)[C@H](O)[C@H]1O. The van der Waals surface area contributed by atoms with Crippen LogP contribution >= 0.6 is 0 Å². The molecule has 7 rings (SSSR count). The zero-order valence-electron chi connectivity index (χ0n) is 32.4. The molecule has 0 saturated carbocycles. The number of benzene rings is 3. The Morgan fingerprint density at radius 3 is 2.10 bits per heavy atom. The number of ether oxygens (including phenoxy) is 7. The van der Waals surface area contributed by atoms with E-state index in [0.717, 1.165) is 18.2 Å². The first kappa shape index (κ1) is 44.6. The normalized spacial score (nSPS) is 32.8. The molecule has 0 spiro atoms. The summed E-state index contributed by atoms with van der Waals surface area (Å²) in [6.45, 7) is 0.0861. The van der Waals surface area contributed by atoms with Crippen LogP contribution in [0.15, 0.2) is 76.0 Å². The molecule has 3 aliphatic heterocycles. The molecule has 0 bridgehead atoms. The molecule has 14 atom stereocenters. The Kier molecular flexibility index (Phi) is 13.3. The summed E-state index contributed by atoms with van der Waals surface area (Å²) in [7, 11) is 0. The van der Waals surface area contributed by atoms with Gasteiger partial charge >= 0.3 is 5.97 Å². The van der Waals surface area contributed by atoms with E-state index in [1.807, 2.05) is 0 Å². The standard InChI is InChI=1S/C41H44O21/c1-16-28(48)32(52)34(54)39(57-16)56-15-25-30(50)36(61-40-33(53)29(49)23(46)14-55-40)38(60-26(47)11-4-17-2-7-19(42)8-3-17)41(59-25)62-37-31(51)27-22(45)12-21(44)13-24(27)58-35(37)18-5-9-20(43)10-6-18/h2-13,16,23,25,28-30,32-34,36,38-46,48-50,52-54H,14-15H2,1H3/b11-4+/t16-,23-,25+,28-,29-,30+,32+,33+,34+,36-,38+,39+,40-,41-/m0/s1. The fourth-order valence-electron chi connectivity index (χ4n) is 7.02. The van der Waals surface area contributed by atoms with Gasteiger partial charge in [-0.15, -0.1) is 0 Å². The third-order valence-electron chi connectivity index (χ3n) is 10.4. The van der Waals surface area contributed by atoms with Crippen LogP contribution in [0.3, 0.4) is 0 Å². The van der Waals surface area contributed by atoms with Gasteiger partial charge in [-0.2, -0.15) is 0 Å². The van der Waals surface area contributed by atoms with Gasteiger partial charge in [0.2, 0.25) is 17.5 Å². The Bertz CT molecular complexity index is 2280. The molecule has 4 heterocycles. The summed E-state index contributed by atoms with van der Waals surface area (Å²) in [4.78, 5) is 27.9. The van der Waals surface area contributed by atoms with Crippen LogP contribution in [-0.4, -0.2) is 161 Å². The second-order valence-electron chi connectivity index (χ2n) is 14.8. The Morgan fingerprint density at radius 1 is 0.742 bits per heavy atom. The van der Waals surface area contributed by atoms with Crippen molar-refractivity contribution in [3.05, 3.63) is 82.5 Å². The lowest BCUT2D eigenvalue weighted by molar-refractivity contribution is -0.348. The van der Waals surface area contributed by atoms with Crippen LogP contribution < -0.4 is 10.2 Å². The van der Waals surface area contributed by atoms with Gasteiger partial charge in [0.25, 0.3) is 0 Å². The van der Waals surface area contributed by atoms with Gasteiger partial charge in [-0.1, -0.05) is 12.1 Å². The van der Waals surface area contributed by atoms with E-state index in [2.05, 4.69) is 0 Å². The molecule has 0 radical (unpaired) electrons. The minimum absolute atomic E-state index is 0.0517. The molecule has 21 nitrogen and oxygen atoms in total. The number of fused-ring (bicyclic) bond motifs is 1. The van der Waals surface area contributed by atoms with Gasteiger partial charge in [0.05, 0.1) is 19.3 Å². The van der Waals surface area contributed by atoms with Crippen molar-refractivity contribution in [1.29, 1.82) is 0 Å². The first-order chi connectivity index (χ1) is 29.5. The lowest BCUT2D eigenvalue weighted by Gasteiger charge is -2.46. The van der Waals surface area contributed by atoms with Crippen LogP contribution in [0.5, 0.6) is 28.7 Å². The second kappa shape index (κ2) is 18.5. The van der Waals surface area contributed by atoms with Crippen molar-refractivity contribution in [3.63, 3.8) is 0 Å². The predicted molar refractivity (Wildman–Crippen MR) is 206 cm³/mol. The van der Waals surface area contributed by atoms with Gasteiger partial charge in [0.1, 0.15) is 88.9 Å². The predicted octanol–water partition coefficient (Wildman–Crippen LogP) is -0.960. The third kappa shape index (κ3) is 9.34. The van der Waals surface area contributed by atoms with E-state index in [4.69, 9.17) is 37.6 Å². The van der Waals surface area contributed by atoms with Gasteiger partial charge in [-0.25, -0.2) is 4.79 Å². The summed E-state index contributed by atoms with van der Waals surface area (Å²) in [6, 6.07) is 12.7. The maximum atomic E-state index is 14.4. The molecular weight excluding hydrogens is 828 g/mol. The molecule has 4 aromatic rings. The minimum Gasteiger partial charge on any atom is -0.508 e. The van der Waals surface area contributed by atoms with Crippen LogP contribution in [-0.2, 0) is 33.2 Å². The molecule has 0 aliphatic carbocycles. The number of hydrogen-bond donors (Lipinski definition) is 11. The maximum Gasteiger partial charge on any atom is 0.331 e. The number of esters is 1. The number of rotatable bonds is 11. The zero-order chi connectivity index (χ0) is 44.6. The quantitative estimate of drug-likeness (QED) is 0.0639. The highest BCUT2D eigenvalue weighted by atomic mass is 16.8. The van der Waals surface area contributed by atoms with Crippen molar-refractivity contribution < 1.29 is 98.5 Å². The number of phenols is 4. The number of phenolic OH excluding ortho intramolecular Hbond substituents is 4. The van der Waals surface area contributed by atoms with Crippen LogP contribution in [0.1, 0.15) is 12.5 Å². The molecule has 3 fully saturated rings. The number of carbonyl (C=O) groups is 1. The number of aromatic hydroxyl groups is 4. The summed E-state index contributed by atoms with van der Waals surface area (Å²) in [5, 5.41) is 115. The average molecular weight is 873 g/mol. The number of aliphatic hydroxyl groups is 7. The molecule has 0 unspecified atom stereocenters. The highest BCUT2D eigenvalue weighted by Gasteiger charge is 2.53. The van der Waals surface area contributed by atoms with Crippen LogP contribution in [0.2, 0.25) is 0 Å². The van der Waals surface area contributed by atoms with Crippen molar-refractivity contribution in [3.8, 4) is 40.1 Å². The Labute approximate surface area is 349 Å². The lowest BCUT2D eigenvalue weighted by Crippen LogP contribution is -2.65. The van der Waals surface area contributed by atoms with Gasteiger partial charge in [-0.05, 0) is 55.0 Å². The van der Waals surface area contributed by atoms with Crippen molar-refractivity contribution in [2.75, 3.05) is 13.2 Å². The molecule has 3 aliphatic rings. The monoisotopic (exact) mass is 872 g/mol. The van der Waals surface area contributed by atoms with Crippen LogP contribution in [0, 0.1) is 0 Å². The molecule has 0 amide bonds. The summed E-state index contributed by atoms with van der Waals surface area (Å²) >= 11 is 0. The molecule has 334 valence electrons. The van der Waals surface area contributed by atoms with Gasteiger partial charge in [0, 0.05) is 23.8 Å². The summed E-state index contributed by atoms with van der Waals surface area (Å²) in [6.07, 6.45) is -22.2. The Balaban J connectivity index is 1.32. The van der Waals surface area contributed by atoms with Gasteiger partial charge in [-0.3, -0.25) is 4.79 Å². The van der Waals surface area contributed by atoms with Crippen molar-refractivity contribution in [2.45, 2.75) is 92.9 Å². The molecular formula is C41H44O21. The van der Waals surface area contributed by atoms with Gasteiger partial charge < -0.3 is 93.7 Å². The fourth-order valence-corrected chi connectivity index (χ4v) is 7.02. The van der Waals surface area contributed by atoms with Crippen molar-refractivity contribution in [1.82, 2.24) is 0 Å². The largest absolute Gasteiger partial charge is 0.508 e. The molecule has 62 heavy (non-hydrogen) atoms. The topological polar surface area (TPSA) is 334 Å². The van der Waals surface area contributed by atoms with Crippen LogP contribution in [0.25, 0.3) is 28.4 Å². The molecule has 21 heteroatoms. The maximum absolute atomic E-state index is 14.4. The average Bonchev–Trinajstić information content (AvgIpc) is 3.24.